The van der Waals surface area contributed by atoms with E-state index in [4.69, 9.17) is 9.84 Å². The van der Waals surface area contributed by atoms with Gasteiger partial charge in [-0.2, -0.15) is 4.31 Å². The van der Waals surface area contributed by atoms with E-state index in [0.717, 1.165) is 4.90 Å². The van der Waals surface area contributed by atoms with Crippen molar-refractivity contribution in [1.29, 1.82) is 0 Å². The van der Waals surface area contributed by atoms with Crippen molar-refractivity contribution in [3.8, 4) is 0 Å². The third-order valence-corrected chi connectivity index (χ3v) is 5.93. The third kappa shape index (κ3) is 4.60. The van der Waals surface area contributed by atoms with Gasteiger partial charge in [-0.1, -0.05) is 6.07 Å². The number of ether oxygens (including phenoxy) is 1. The Morgan fingerprint density at radius 3 is 2.42 bits per heavy atom. The molecule has 8 nitrogen and oxygen atoms in total. The van der Waals surface area contributed by atoms with Crippen molar-refractivity contribution in [2.24, 2.45) is 0 Å². The molecule has 1 aromatic rings. The number of carboxylic acid groups (broad SMARTS) is 1. The molecule has 1 amide bonds. The molecule has 0 radical (unpaired) electrons. The molecule has 0 saturated carbocycles. The van der Waals surface area contributed by atoms with Crippen LogP contribution in [0.3, 0.4) is 0 Å². The number of amides is 1. The Morgan fingerprint density at radius 2 is 1.88 bits per heavy atom. The second-order valence-electron chi connectivity index (χ2n) is 6.32. The fourth-order valence-corrected chi connectivity index (χ4v) is 4.58. The van der Waals surface area contributed by atoms with E-state index >= 15 is 0 Å². The van der Waals surface area contributed by atoms with Crippen LogP contribution in [0.25, 0.3) is 0 Å². The van der Waals surface area contributed by atoms with Gasteiger partial charge in [-0.15, -0.1) is 0 Å². The summed E-state index contributed by atoms with van der Waals surface area (Å²) in [6.07, 6.45) is -0.436. The first-order chi connectivity index (χ1) is 12.1. The van der Waals surface area contributed by atoms with Gasteiger partial charge in [0.25, 0.3) is 5.91 Å². The summed E-state index contributed by atoms with van der Waals surface area (Å²) in [6.45, 7) is 5.53. The van der Waals surface area contributed by atoms with E-state index in [-0.39, 0.29) is 42.3 Å². The average Bonchev–Trinajstić information content (AvgIpc) is 2.58. The lowest BCUT2D eigenvalue weighted by Gasteiger charge is -2.34. The maximum atomic E-state index is 12.9. The molecular weight excluding hydrogens is 360 g/mol. The van der Waals surface area contributed by atoms with Crippen LogP contribution in [0.4, 0.5) is 0 Å². The molecule has 0 aromatic heterocycles. The van der Waals surface area contributed by atoms with Crippen LogP contribution in [0.2, 0.25) is 0 Å². The fourth-order valence-electron chi connectivity index (χ4n) is 2.94. The molecule has 9 heteroatoms. The molecule has 2 atom stereocenters. The highest BCUT2D eigenvalue weighted by molar-refractivity contribution is 7.89. The third-order valence-electron chi connectivity index (χ3n) is 4.10. The lowest BCUT2D eigenvalue weighted by molar-refractivity contribution is -0.137. The van der Waals surface area contributed by atoms with Crippen molar-refractivity contribution in [2.75, 3.05) is 26.2 Å². The monoisotopic (exact) mass is 384 g/mol. The van der Waals surface area contributed by atoms with Crippen LogP contribution in [-0.4, -0.2) is 73.0 Å². The molecule has 1 heterocycles. The minimum Gasteiger partial charge on any atom is -0.480 e. The maximum absolute atomic E-state index is 12.9. The van der Waals surface area contributed by atoms with Crippen LogP contribution >= 0.6 is 0 Å². The van der Waals surface area contributed by atoms with Crippen molar-refractivity contribution >= 4 is 21.9 Å². The SMILES string of the molecule is CCN(CC(=O)O)C(=O)c1cccc(S(=O)(=O)N2CC(C)OC(C)C2)c1. The lowest BCUT2D eigenvalue weighted by Crippen LogP contribution is -2.48. The molecule has 1 saturated heterocycles. The first kappa shape index (κ1) is 20.3. The highest BCUT2D eigenvalue weighted by atomic mass is 32.2. The smallest absolute Gasteiger partial charge is 0.323 e. The average molecular weight is 384 g/mol. The van der Waals surface area contributed by atoms with Crippen LogP contribution in [0.15, 0.2) is 29.2 Å². The number of sulfonamides is 1. The Morgan fingerprint density at radius 1 is 1.27 bits per heavy atom. The summed E-state index contributed by atoms with van der Waals surface area (Å²) in [5, 5.41) is 8.91. The van der Waals surface area contributed by atoms with Crippen molar-refractivity contribution in [1.82, 2.24) is 9.21 Å². The van der Waals surface area contributed by atoms with E-state index in [2.05, 4.69) is 0 Å². The quantitative estimate of drug-likeness (QED) is 0.786. The molecule has 2 unspecified atom stereocenters. The van der Waals surface area contributed by atoms with Crippen LogP contribution in [-0.2, 0) is 19.6 Å². The van der Waals surface area contributed by atoms with Gasteiger partial charge in [-0.05, 0) is 39.0 Å². The molecule has 144 valence electrons. The predicted octanol–water partition coefficient (Wildman–Crippen LogP) is 1.03. The molecular formula is C17H24N2O6S. The maximum Gasteiger partial charge on any atom is 0.323 e. The number of hydrogen-bond donors (Lipinski definition) is 1. The number of aliphatic carboxylic acids is 1. The van der Waals surface area contributed by atoms with E-state index in [1.807, 2.05) is 13.8 Å². The zero-order valence-electron chi connectivity index (χ0n) is 15.1. The van der Waals surface area contributed by atoms with Crippen molar-refractivity contribution in [3.05, 3.63) is 29.8 Å². The molecule has 1 aliphatic heterocycles. The number of carbonyl (C=O) groups excluding carboxylic acids is 1. The van der Waals surface area contributed by atoms with Crippen molar-refractivity contribution in [2.45, 2.75) is 37.9 Å². The Labute approximate surface area is 153 Å². The minimum absolute atomic E-state index is 0.0102. The van der Waals surface area contributed by atoms with Gasteiger partial charge >= 0.3 is 5.97 Å². The first-order valence-corrected chi connectivity index (χ1v) is 9.86. The summed E-state index contributed by atoms with van der Waals surface area (Å²) in [5.74, 6) is -1.64. The van der Waals surface area contributed by atoms with E-state index < -0.39 is 28.4 Å². The van der Waals surface area contributed by atoms with E-state index in [9.17, 15) is 18.0 Å². The second kappa shape index (κ2) is 8.15. The molecule has 1 N–H and O–H groups in total. The highest BCUT2D eigenvalue weighted by Gasteiger charge is 2.32. The summed E-state index contributed by atoms with van der Waals surface area (Å²) < 4.78 is 32.8. The number of hydrogen-bond acceptors (Lipinski definition) is 5. The van der Waals surface area contributed by atoms with Gasteiger partial charge in [0.05, 0.1) is 17.1 Å². The van der Waals surface area contributed by atoms with Crippen molar-refractivity contribution < 1.29 is 27.9 Å². The molecule has 0 spiro atoms. The van der Waals surface area contributed by atoms with Gasteiger partial charge in [0.15, 0.2) is 0 Å². The summed E-state index contributed by atoms with van der Waals surface area (Å²) >= 11 is 0. The molecule has 0 bridgehead atoms. The molecule has 2 rings (SSSR count). The lowest BCUT2D eigenvalue weighted by atomic mass is 10.2. The van der Waals surface area contributed by atoms with Gasteiger partial charge in [0, 0.05) is 25.2 Å². The standard InChI is InChI=1S/C17H24N2O6S/c1-4-18(11-16(20)21)17(22)14-6-5-7-15(8-14)26(23,24)19-9-12(2)25-13(3)10-19/h5-8,12-13H,4,9-11H2,1-3H3,(H,20,21). The number of nitrogens with zero attached hydrogens (tertiary/aromatic N) is 2. The van der Waals surface area contributed by atoms with E-state index in [0.29, 0.717) is 0 Å². The van der Waals surface area contributed by atoms with Crippen LogP contribution in [0.5, 0.6) is 0 Å². The Bertz CT molecular complexity index is 769. The summed E-state index contributed by atoms with van der Waals surface area (Å²) in [7, 11) is -3.77. The number of morpholine rings is 1. The van der Waals surface area contributed by atoms with Gasteiger partial charge in [-0.3, -0.25) is 9.59 Å². The Hall–Kier alpha value is -1.97. The van der Waals surface area contributed by atoms with E-state index in [1.54, 1.807) is 6.92 Å². The summed E-state index contributed by atoms with van der Waals surface area (Å²) in [5.41, 5.74) is 0.142. The zero-order chi connectivity index (χ0) is 19.5. The number of carbonyl (C=O) groups is 2. The number of rotatable bonds is 6. The van der Waals surface area contributed by atoms with Crippen molar-refractivity contribution in [3.63, 3.8) is 0 Å². The van der Waals surface area contributed by atoms with Crippen LogP contribution < -0.4 is 0 Å². The molecule has 1 aliphatic rings. The van der Waals surface area contributed by atoms with Gasteiger partial charge in [0.1, 0.15) is 6.54 Å². The normalized spacial score (nSPS) is 21.3. The molecule has 26 heavy (non-hydrogen) atoms. The Balaban J connectivity index is 2.30. The summed E-state index contributed by atoms with van der Waals surface area (Å²) in [6, 6.07) is 5.70. The zero-order valence-corrected chi connectivity index (χ0v) is 15.9. The minimum atomic E-state index is -3.77. The van der Waals surface area contributed by atoms with Crippen LogP contribution in [0, 0.1) is 0 Å². The topological polar surface area (TPSA) is 104 Å². The van der Waals surface area contributed by atoms with Gasteiger partial charge in [-0.25, -0.2) is 8.42 Å². The van der Waals surface area contributed by atoms with E-state index in [1.165, 1.54) is 28.6 Å². The fraction of sp³-hybridized carbons (Fsp3) is 0.529. The number of carboxylic acids is 1. The second-order valence-corrected chi connectivity index (χ2v) is 8.26. The largest absolute Gasteiger partial charge is 0.480 e. The van der Waals surface area contributed by atoms with Crippen LogP contribution in [0.1, 0.15) is 31.1 Å². The predicted molar refractivity (Wildman–Crippen MR) is 94.4 cm³/mol. The first-order valence-electron chi connectivity index (χ1n) is 8.42. The number of benzene rings is 1. The molecule has 1 fully saturated rings. The number of likely N-dealkylation sites (N-methyl/N-ethyl adjacent to an activating group) is 1. The molecule has 1 aromatic carbocycles. The van der Waals surface area contributed by atoms with Gasteiger partial charge < -0.3 is 14.7 Å². The Kier molecular flexibility index (Phi) is 6.38. The molecule has 0 aliphatic carbocycles. The summed E-state index contributed by atoms with van der Waals surface area (Å²) in [4.78, 5) is 24.6. The van der Waals surface area contributed by atoms with Gasteiger partial charge in [0.2, 0.25) is 10.0 Å². The highest BCUT2D eigenvalue weighted by Crippen LogP contribution is 2.22.